The fraction of sp³-hybridized carbons (Fsp3) is 0.333. The normalized spacial score (nSPS) is 17.5. The largest absolute Gasteiger partial charge is 0.490 e. The number of non-ortho nitro benzene ring substituents is 1. The van der Waals surface area contributed by atoms with Crippen LogP contribution in [0.5, 0.6) is 17.2 Å². The lowest BCUT2D eigenvalue weighted by atomic mass is 9.71. The van der Waals surface area contributed by atoms with Crippen LogP contribution in [0, 0.1) is 20.2 Å². The molecule has 0 spiro atoms. The molecule has 38 heavy (non-hydrogen) atoms. The summed E-state index contributed by atoms with van der Waals surface area (Å²) in [5.41, 5.74) is 2.62. The van der Waals surface area contributed by atoms with Crippen molar-refractivity contribution in [1.82, 2.24) is 5.32 Å². The molecule has 0 fully saturated rings. The van der Waals surface area contributed by atoms with E-state index >= 15 is 0 Å². The third-order valence-electron chi connectivity index (χ3n) is 6.96. The number of Topliss-reactive ketones (excluding diaryl/α,β-unsaturated/α-hetero) is 2. The third-order valence-corrected chi connectivity index (χ3v) is 6.96. The zero-order valence-corrected chi connectivity index (χ0v) is 20.7. The number of ketones is 2. The summed E-state index contributed by atoms with van der Waals surface area (Å²) in [6, 6.07) is 8.13. The fourth-order valence-electron chi connectivity index (χ4n) is 5.34. The van der Waals surface area contributed by atoms with E-state index in [9.17, 15) is 29.8 Å². The van der Waals surface area contributed by atoms with Gasteiger partial charge in [-0.25, -0.2) is 0 Å². The van der Waals surface area contributed by atoms with E-state index in [0.29, 0.717) is 29.6 Å². The third kappa shape index (κ3) is 4.51. The Morgan fingerprint density at radius 2 is 1.47 bits per heavy atom. The number of ether oxygens (including phenoxy) is 2. The molecule has 5 rings (SSSR count). The van der Waals surface area contributed by atoms with Gasteiger partial charge in [-0.1, -0.05) is 6.07 Å². The van der Waals surface area contributed by atoms with Gasteiger partial charge in [-0.05, 0) is 56.4 Å². The Balaban J connectivity index is 1.59. The van der Waals surface area contributed by atoms with E-state index in [1.165, 1.54) is 6.07 Å². The van der Waals surface area contributed by atoms with Gasteiger partial charge < -0.3 is 14.8 Å². The molecule has 1 heterocycles. The van der Waals surface area contributed by atoms with Gasteiger partial charge in [0.2, 0.25) is 5.75 Å². The molecular weight excluding hydrogens is 494 g/mol. The molecule has 0 atom stereocenters. The van der Waals surface area contributed by atoms with E-state index in [1.54, 1.807) is 25.1 Å². The van der Waals surface area contributed by atoms with Crippen molar-refractivity contribution in [3.8, 4) is 17.2 Å². The zero-order chi connectivity index (χ0) is 27.0. The van der Waals surface area contributed by atoms with Gasteiger partial charge in [0.15, 0.2) is 23.1 Å². The smallest absolute Gasteiger partial charge is 0.318 e. The highest BCUT2D eigenvalue weighted by Crippen LogP contribution is 2.47. The number of hydrogen-bond acceptors (Lipinski definition) is 9. The number of carbonyl (C=O) groups is 2. The molecule has 0 aromatic heterocycles. The Kier molecular flexibility index (Phi) is 6.66. The summed E-state index contributed by atoms with van der Waals surface area (Å²) in [7, 11) is 0. The molecule has 2 aliphatic carbocycles. The van der Waals surface area contributed by atoms with E-state index in [0.717, 1.165) is 49.2 Å². The molecule has 0 saturated carbocycles. The van der Waals surface area contributed by atoms with Crippen LogP contribution in [0.25, 0.3) is 0 Å². The number of nitro groups is 2. The minimum absolute atomic E-state index is 0.00784. The first-order chi connectivity index (χ1) is 18.3. The number of dihydropyridines is 1. The second-order valence-corrected chi connectivity index (χ2v) is 9.30. The molecule has 0 amide bonds. The molecule has 2 aromatic rings. The van der Waals surface area contributed by atoms with Crippen molar-refractivity contribution in [2.24, 2.45) is 0 Å². The van der Waals surface area contributed by atoms with Crippen LogP contribution < -0.4 is 14.8 Å². The molecule has 2 aromatic carbocycles. The number of benzene rings is 2. The Bertz CT molecular complexity index is 1400. The summed E-state index contributed by atoms with van der Waals surface area (Å²) in [6.07, 6.45) is 3.78. The number of hydrogen-bond donors (Lipinski definition) is 1. The van der Waals surface area contributed by atoms with Gasteiger partial charge in [0.1, 0.15) is 0 Å². The van der Waals surface area contributed by atoms with E-state index in [4.69, 9.17) is 9.47 Å². The van der Waals surface area contributed by atoms with Gasteiger partial charge in [0, 0.05) is 47.4 Å². The monoisotopic (exact) mass is 519 g/mol. The Morgan fingerprint density at radius 3 is 2.05 bits per heavy atom. The first-order valence-electron chi connectivity index (χ1n) is 12.5. The number of rotatable bonds is 7. The SMILES string of the molecule is CCOc1cc(C2C3=C(CCCC3=O)NC3=C2C(=O)CCC3)ccc1Oc1ccc([N+](=O)[O-])cc1[N+](=O)[O-]. The first-order valence-corrected chi connectivity index (χ1v) is 12.5. The molecule has 196 valence electrons. The maximum Gasteiger partial charge on any atom is 0.318 e. The minimum Gasteiger partial charge on any atom is -0.490 e. The average molecular weight is 520 g/mol. The van der Waals surface area contributed by atoms with Gasteiger partial charge in [0.25, 0.3) is 5.69 Å². The molecular formula is C27H25N3O8. The molecule has 0 bridgehead atoms. The highest BCUT2D eigenvalue weighted by atomic mass is 16.6. The zero-order valence-electron chi connectivity index (χ0n) is 20.7. The number of nitrogens with one attached hydrogen (secondary N) is 1. The number of nitro benzene ring substituents is 2. The van der Waals surface area contributed by atoms with Gasteiger partial charge in [0.05, 0.1) is 22.5 Å². The van der Waals surface area contributed by atoms with Crippen LogP contribution in [-0.4, -0.2) is 28.0 Å². The molecule has 1 N–H and O–H groups in total. The standard InChI is InChI=1S/C27H25N3O8/c1-2-37-24-13-15(9-11-23(24)38-22-12-10-16(29(33)34)14-19(22)30(35)36)25-26-17(5-3-7-20(26)31)28-18-6-4-8-21(32)27(18)25/h9-14,25,28H,2-8H2,1H3. The topological polar surface area (TPSA) is 151 Å². The maximum absolute atomic E-state index is 13.1. The summed E-state index contributed by atoms with van der Waals surface area (Å²) in [4.78, 5) is 47.4. The highest BCUT2D eigenvalue weighted by molar-refractivity contribution is 6.06. The van der Waals surface area contributed by atoms with Crippen LogP contribution >= 0.6 is 0 Å². The highest BCUT2D eigenvalue weighted by Gasteiger charge is 2.40. The van der Waals surface area contributed by atoms with Crippen molar-refractivity contribution >= 4 is 22.9 Å². The lowest BCUT2D eigenvalue weighted by molar-refractivity contribution is -0.394. The van der Waals surface area contributed by atoms with Crippen LogP contribution in [-0.2, 0) is 9.59 Å². The van der Waals surface area contributed by atoms with E-state index < -0.39 is 27.1 Å². The molecule has 0 radical (unpaired) electrons. The lowest BCUT2D eigenvalue weighted by Crippen LogP contribution is -2.36. The maximum atomic E-state index is 13.1. The second-order valence-electron chi connectivity index (χ2n) is 9.30. The van der Waals surface area contributed by atoms with E-state index in [1.807, 2.05) is 0 Å². The second kappa shape index (κ2) is 10.1. The van der Waals surface area contributed by atoms with Crippen LogP contribution in [0.2, 0.25) is 0 Å². The molecule has 0 unspecified atom stereocenters. The van der Waals surface area contributed by atoms with Gasteiger partial charge in [-0.3, -0.25) is 29.8 Å². The molecule has 3 aliphatic rings. The number of carbonyl (C=O) groups excluding carboxylic acids is 2. The summed E-state index contributed by atoms with van der Waals surface area (Å²) in [6.45, 7) is 2.03. The quantitative estimate of drug-likeness (QED) is 0.375. The van der Waals surface area contributed by atoms with Crippen molar-refractivity contribution in [3.63, 3.8) is 0 Å². The molecule has 11 nitrogen and oxygen atoms in total. The Labute approximate surface area is 217 Å². The minimum atomic E-state index is -0.753. The van der Waals surface area contributed by atoms with Crippen LogP contribution in [0.1, 0.15) is 56.9 Å². The lowest BCUT2D eigenvalue weighted by Gasteiger charge is -2.37. The van der Waals surface area contributed by atoms with Crippen LogP contribution in [0.15, 0.2) is 58.9 Å². The summed E-state index contributed by atoms with van der Waals surface area (Å²) in [5.74, 6) is -0.274. The molecule has 11 heteroatoms. The van der Waals surface area contributed by atoms with Gasteiger partial charge in [-0.15, -0.1) is 0 Å². The van der Waals surface area contributed by atoms with Gasteiger partial charge >= 0.3 is 5.69 Å². The van der Waals surface area contributed by atoms with Gasteiger partial charge in [-0.2, -0.15) is 0 Å². The molecule has 1 aliphatic heterocycles. The van der Waals surface area contributed by atoms with Crippen molar-refractivity contribution in [1.29, 1.82) is 0 Å². The summed E-state index contributed by atoms with van der Waals surface area (Å²) in [5, 5.41) is 26.0. The van der Waals surface area contributed by atoms with Crippen LogP contribution in [0.4, 0.5) is 11.4 Å². The Morgan fingerprint density at radius 1 is 0.842 bits per heavy atom. The van der Waals surface area contributed by atoms with Crippen molar-refractivity contribution < 1.29 is 28.9 Å². The van der Waals surface area contributed by atoms with E-state index in [2.05, 4.69) is 5.32 Å². The average Bonchev–Trinajstić information content (AvgIpc) is 2.89. The van der Waals surface area contributed by atoms with Crippen molar-refractivity contribution in [3.05, 3.63) is 84.7 Å². The predicted octanol–water partition coefficient (Wildman–Crippen LogP) is 5.40. The molecule has 0 saturated heterocycles. The summed E-state index contributed by atoms with van der Waals surface area (Å²) >= 11 is 0. The fourth-order valence-corrected chi connectivity index (χ4v) is 5.34. The van der Waals surface area contributed by atoms with Crippen molar-refractivity contribution in [2.45, 2.75) is 51.4 Å². The number of nitrogens with zero attached hydrogens (tertiary/aromatic N) is 2. The number of allylic oxidation sites excluding steroid dienone is 4. The Hall–Kier alpha value is -4.54. The van der Waals surface area contributed by atoms with Crippen LogP contribution in [0.3, 0.4) is 0 Å². The van der Waals surface area contributed by atoms with Crippen molar-refractivity contribution in [2.75, 3.05) is 6.61 Å². The summed E-state index contributed by atoms with van der Waals surface area (Å²) < 4.78 is 11.6. The predicted molar refractivity (Wildman–Crippen MR) is 135 cm³/mol. The van der Waals surface area contributed by atoms with E-state index in [-0.39, 0.29) is 35.4 Å². The first kappa shape index (κ1) is 25.1.